The number of amides is 1. The Bertz CT molecular complexity index is 575. The standard InChI is InChI=1S/C16H17ClN2O2/c17-14-8-4-5-9-15(14)19-12-16(20)18-10-11-21-13-6-2-1-3-7-13/h1-9,19H,10-12H2,(H,18,20). The highest BCUT2D eigenvalue weighted by Gasteiger charge is 2.03. The Morgan fingerprint density at radius 2 is 1.76 bits per heavy atom. The van der Waals surface area contributed by atoms with E-state index in [1.54, 1.807) is 6.07 Å². The Balaban J connectivity index is 1.63. The third-order valence-electron chi connectivity index (χ3n) is 2.75. The summed E-state index contributed by atoms with van der Waals surface area (Å²) >= 11 is 5.99. The van der Waals surface area contributed by atoms with Crippen LogP contribution in [0.3, 0.4) is 0 Å². The number of halogens is 1. The lowest BCUT2D eigenvalue weighted by atomic mass is 10.3. The van der Waals surface area contributed by atoms with Gasteiger partial charge in [-0.15, -0.1) is 0 Å². The van der Waals surface area contributed by atoms with Crippen LogP contribution in [0.1, 0.15) is 0 Å². The SMILES string of the molecule is O=C(CNc1ccccc1Cl)NCCOc1ccccc1. The number of carbonyl (C=O) groups excluding carboxylic acids is 1. The van der Waals surface area contributed by atoms with Crippen molar-refractivity contribution in [3.8, 4) is 5.75 Å². The lowest BCUT2D eigenvalue weighted by molar-refractivity contribution is -0.119. The van der Waals surface area contributed by atoms with Crippen molar-refractivity contribution in [1.29, 1.82) is 0 Å². The summed E-state index contributed by atoms with van der Waals surface area (Å²) in [5, 5.41) is 6.35. The van der Waals surface area contributed by atoms with E-state index in [0.717, 1.165) is 11.4 Å². The number of nitrogens with one attached hydrogen (secondary N) is 2. The molecule has 2 N–H and O–H groups in total. The summed E-state index contributed by atoms with van der Waals surface area (Å²) in [5.41, 5.74) is 0.745. The summed E-state index contributed by atoms with van der Waals surface area (Å²) in [4.78, 5) is 11.7. The fourth-order valence-electron chi connectivity index (χ4n) is 1.72. The zero-order chi connectivity index (χ0) is 14.9. The van der Waals surface area contributed by atoms with E-state index in [9.17, 15) is 4.79 Å². The van der Waals surface area contributed by atoms with Gasteiger partial charge in [0.2, 0.25) is 5.91 Å². The smallest absolute Gasteiger partial charge is 0.239 e. The van der Waals surface area contributed by atoms with Crippen LogP contribution in [0.15, 0.2) is 54.6 Å². The van der Waals surface area contributed by atoms with Crippen LogP contribution in [0.25, 0.3) is 0 Å². The van der Waals surface area contributed by atoms with Crippen molar-refractivity contribution in [3.63, 3.8) is 0 Å². The minimum Gasteiger partial charge on any atom is -0.492 e. The lowest BCUT2D eigenvalue weighted by Crippen LogP contribution is -2.33. The van der Waals surface area contributed by atoms with Crippen LogP contribution in [-0.4, -0.2) is 25.6 Å². The molecule has 0 aliphatic heterocycles. The first-order valence-electron chi connectivity index (χ1n) is 6.68. The van der Waals surface area contributed by atoms with Crippen molar-refractivity contribution < 1.29 is 9.53 Å². The van der Waals surface area contributed by atoms with Crippen LogP contribution in [0.5, 0.6) is 5.75 Å². The molecule has 0 atom stereocenters. The first-order chi connectivity index (χ1) is 10.3. The summed E-state index contributed by atoms with van der Waals surface area (Å²) < 4.78 is 5.48. The topological polar surface area (TPSA) is 50.4 Å². The number of rotatable bonds is 7. The predicted molar refractivity (Wildman–Crippen MR) is 84.9 cm³/mol. The number of para-hydroxylation sites is 2. The van der Waals surface area contributed by atoms with Crippen molar-refractivity contribution in [2.75, 3.05) is 25.0 Å². The molecule has 2 aromatic carbocycles. The Hall–Kier alpha value is -2.20. The van der Waals surface area contributed by atoms with Gasteiger partial charge < -0.3 is 15.4 Å². The molecule has 4 nitrogen and oxygen atoms in total. The largest absolute Gasteiger partial charge is 0.492 e. The molecule has 0 saturated heterocycles. The first kappa shape index (κ1) is 15.2. The van der Waals surface area contributed by atoms with Crippen LogP contribution in [0.4, 0.5) is 5.69 Å². The summed E-state index contributed by atoms with van der Waals surface area (Å²) in [5.74, 6) is 0.688. The van der Waals surface area contributed by atoms with E-state index >= 15 is 0 Å². The Morgan fingerprint density at radius 3 is 2.52 bits per heavy atom. The van der Waals surface area contributed by atoms with Crippen molar-refractivity contribution in [2.45, 2.75) is 0 Å². The fraction of sp³-hybridized carbons (Fsp3) is 0.188. The molecule has 21 heavy (non-hydrogen) atoms. The molecular weight excluding hydrogens is 288 g/mol. The normalized spacial score (nSPS) is 9.95. The van der Waals surface area contributed by atoms with Gasteiger partial charge in [0.15, 0.2) is 0 Å². The van der Waals surface area contributed by atoms with Crippen molar-refractivity contribution >= 4 is 23.2 Å². The predicted octanol–water partition coefficient (Wildman–Crippen LogP) is 2.95. The van der Waals surface area contributed by atoms with Gasteiger partial charge in [0, 0.05) is 0 Å². The Kier molecular flexibility index (Phi) is 5.91. The molecular formula is C16H17ClN2O2. The molecule has 0 spiro atoms. The van der Waals surface area contributed by atoms with E-state index in [-0.39, 0.29) is 12.5 Å². The second-order valence-corrected chi connectivity index (χ2v) is 4.75. The summed E-state index contributed by atoms with van der Waals surface area (Å²) in [6.45, 7) is 1.06. The molecule has 1 amide bonds. The number of hydrogen-bond acceptors (Lipinski definition) is 3. The maximum Gasteiger partial charge on any atom is 0.239 e. The lowest BCUT2D eigenvalue weighted by Gasteiger charge is -2.09. The molecule has 0 heterocycles. The molecule has 0 unspecified atom stereocenters. The van der Waals surface area contributed by atoms with Gasteiger partial charge in [-0.05, 0) is 24.3 Å². The second kappa shape index (κ2) is 8.17. The molecule has 0 aliphatic rings. The third-order valence-corrected chi connectivity index (χ3v) is 3.08. The highest BCUT2D eigenvalue weighted by atomic mass is 35.5. The van der Waals surface area contributed by atoms with Gasteiger partial charge in [0.1, 0.15) is 12.4 Å². The highest BCUT2D eigenvalue weighted by Crippen LogP contribution is 2.19. The molecule has 2 aromatic rings. The van der Waals surface area contributed by atoms with Crippen LogP contribution in [0, 0.1) is 0 Å². The van der Waals surface area contributed by atoms with Gasteiger partial charge in [0.25, 0.3) is 0 Å². The second-order valence-electron chi connectivity index (χ2n) is 4.34. The Labute approximate surface area is 129 Å². The van der Waals surface area contributed by atoms with Gasteiger partial charge >= 0.3 is 0 Å². The van der Waals surface area contributed by atoms with Gasteiger partial charge in [-0.3, -0.25) is 4.79 Å². The molecule has 2 rings (SSSR count). The minimum absolute atomic E-state index is 0.105. The monoisotopic (exact) mass is 304 g/mol. The third kappa shape index (κ3) is 5.36. The van der Waals surface area contributed by atoms with Crippen molar-refractivity contribution in [2.24, 2.45) is 0 Å². The van der Waals surface area contributed by atoms with Gasteiger partial charge in [-0.2, -0.15) is 0 Å². The quantitative estimate of drug-likeness (QED) is 0.773. The average Bonchev–Trinajstić information content (AvgIpc) is 2.52. The Morgan fingerprint density at radius 1 is 1.05 bits per heavy atom. The molecule has 110 valence electrons. The van der Waals surface area contributed by atoms with Gasteiger partial charge in [-0.25, -0.2) is 0 Å². The van der Waals surface area contributed by atoms with Crippen molar-refractivity contribution in [3.05, 3.63) is 59.6 Å². The highest BCUT2D eigenvalue weighted by molar-refractivity contribution is 6.33. The van der Waals surface area contributed by atoms with Crippen molar-refractivity contribution in [1.82, 2.24) is 5.32 Å². The summed E-state index contributed by atoms with van der Waals surface area (Å²) in [7, 11) is 0. The number of benzene rings is 2. The molecule has 0 saturated carbocycles. The first-order valence-corrected chi connectivity index (χ1v) is 7.06. The molecule has 0 bridgehead atoms. The van der Waals surface area contributed by atoms with Crippen LogP contribution in [0.2, 0.25) is 5.02 Å². The molecule has 0 radical (unpaired) electrons. The van der Waals surface area contributed by atoms with E-state index in [1.807, 2.05) is 48.5 Å². The zero-order valence-electron chi connectivity index (χ0n) is 11.5. The number of ether oxygens (including phenoxy) is 1. The molecule has 0 fully saturated rings. The molecule has 0 aromatic heterocycles. The summed E-state index contributed by atoms with van der Waals surface area (Å²) in [6, 6.07) is 16.8. The van der Waals surface area contributed by atoms with Gasteiger partial charge in [0.05, 0.1) is 23.8 Å². The number of carbonyl (C=O) groups is 1. The van der Waals surface area contributed by atoms with E-state index in [0.29, 0.717) is 18.2 Å². The van der Waals surface area contributed by atoms with E-state index in [2.05, 4.69) is 10.6 Å². The number of anilines is 1. The van der Waals surface area contributed by atoms with E-state index in [1.165, 1.54) is 0 Å². The van der Waals surface area contributed by atoms with Crippen LogP contribution in [-0.2, 0) is 4.79 Å². The fourth-order valence-corrected chi connectivity index (χ4v) is 1.92. The van der Waals surface area contributed by atoms with Gasteiger partial charge in [-0.1, -0.05) is 41.9 Å². The van der Waals surface area contributed by atoms with Crippen LogP contribution < -0.4 is 15.4 Å². The zero-order valence-corrected chi connectivity index (χ0v) is 12.3. The van der Waals surface area contributed by atoms with E-state index in [4.69, 9.17) is 16.3 Å². The molecule has 5 heteroatoms. The maximum absolute atomic E-state index is 11.7. The molecule has 0 aliphatic carbocycles. The van der Waals surface area contributed by atoms with E-state index < -0.39 is 0 Å². The van der Waals surface area contributed by atoms with Crippen LogP contribution >= 0.6 is 11.6 Å². The number of hydrogen-bond donors (Lipinski definition) is 2. The summed E-state index contributed by atoms with van der Waals surface area (Å²) in [6.07, 6.45) is 0. The maximum atomic E-state index is 11.7. The minimum atomic E-state index is -0.105. The average molecular weight is 305 g/mol.